The molecule has 0 aliphatic heterocycles. The van der Waals surface area contributed by atoms with Gasteiger partial charge in [-0.15, -0.1) is 11.8 Å². The molecule has 0 aromatic heterocycles. The molecule has 94 valence electrons. The molecule has 6 heteroatoms. The number of aliphatic hydroxyl groups excluding tert-OH is 1. The third kappa shape index (κ3) is 5.14. The molecule has 0 unspecified atom stereocenters. The normalized spacial score (nSPS) is 10.3. The van der Waals surface area contributed by atoms with E-state index < -0.39 is 11.6 Å². The number of rotatable bonds is 6. The van der Waals surface area contributed by atoms with Crippen molar-refractivity contribution < 1.29 is 18.7 Å². The van der Waals surface area contributed by atoms with Crippen LogP contribution in [0.3, 0.4) is 0 Å². The van der Waals surface area contributed by atoms with Crippen molar-refractivity contribution in [1.82, 2.24) is 5.32 Å². The molecule has 0 heterocycles. The third-order valence-corrected chi connectivity index (χ3v) is 2.96. The highest BCUT2D eigenvalue weighted by molar-refractivity contribution is 8.00. The van der Waals surface area contributed by atoms with E-state index in [9.17, 15) is 13.6 Å². The van der Waals surface area contributed by atoms with Gasteiger partial charge in [-0.2, -0.15) is 0 Å². The van der Waals surface area contributed by atoms with E-state index in [0.717, 1.165) is 23.9 Å². The van der Waals surface area contributed by atoms with E-state index in [-0.39, 0.29) is 23.2 Å². The molecule has 1 amide bonds. The molecule has 0 bridgehead atoms. The van der Waals surface area contributed by atoms with Gasteiger partial charge >= 0.3 is 0 Å². The lowest BCUT2D eigenvalue weighted by molar-refractivity contribution is -0.118. The Morgan fingerprint density at radius 1 is 1.41 bits per heavy atom. The number of hydrogen-bond acceptors (Lipinski definition) is 3. The topological polar surface area (TPSA) is 49.3 Å². The first-order valence-corrected chi connectivity index (χ1v) is 6.07. The molecule has 0 saturated carbocycles. The molecular weight excluding hydrogens is 248 g/mol. The van der Waals surface area contributed by atoms with Gasteiger partial charge in [-0.3, -0.25) is 4.79 Å². The van der Waals surface area contributed by atoms with Crippen LogP contribution in [-0.4, -0.2) is 29.9 Å². The Kier molecular flexibility index (Phi) is 5.93. The predicted molar refractivity (Wildman–Crippen MR) is 61.8 cm³/mol. The molecule has 1 rings (SSSR count). The van der Waals surface area contributed by atoms with Crippen LogP contribution in [-0.2, 0) is 4.79 Å². The van der Waals surface area contributed by atoms with E-state index in [4.69, 9.17) is 5.11 Å². The second-order valence-electron chi connectivity index (χ2n) is 3.29. The van der Waals surface area contributed by atoms with E-state index in [1.807, 2.05) is 0 Å². The van der Waals surface area contributed by atoms with Crippen LogP contribution in [0.1, 0.15) is 6.42 Å². The smallest absolute Gasteiger partial charge is 0.230 e. The van der Waals surface area contributed by atoms with E-state index in [1.165, 1.54) is 6.07 Å². The standard InChI is InChI=1S/C11H13F2NO2S/c12-8-2-3-10(9(13)6-8)17-7-11(16)14-4-1-5-15/h2-3,6,15H,1,4-5,7H2,(H,14,16). The summed E-state index contributed by atoms with van der Waals surface area (Å²) < 4.78 is 25.8. The van der Waals surface area contributed by atoms with Crippen LogP contribution in [0.2, 0.25) is 0 Å². The second-order valence-corrected chi connectivity index (χ2v) is 4.31. The zero-order chi connectivity index (χ0) is 12.7. The summed E-state index contributed by atoms with van der Waals surface area (Å²) in [4.78, 5) is 11.5. The Balaban J connectivity index is 2.37. The molecule has 0 fully saturated rings. The summed E-state index contributed by atoms with van der Waals surface area (Å²) in [6, 6.07) is 3.23. The summed E-state index contributed by atoms with van der Waals surface area (Å²) in [5.74, 6) is -1.49. The number of carbonyl (C=O) groups is 1. The first-order chi connectivity index (χ1) is 8.13. The molecule has 0 saturated heterocycles. The lowest BCUT2D eigenvalue weighted by Gasteiger charge is -2.04. The average Bonchev–Trinajstić information content (AvgIpc) is 2.28. The summed E-state index contributed by atoms with van der Waals surface area (Å²) in [5, 5.41) is 11.1. The summed E-state index contributed by atoms with van der Waals surface area (Å²) in [6.07, 6.45) is 0.487. The molecule has 2 N–H and O–H groups in total. The summed E-state index contributed by atoms with van der Waals surface area (Å²) >= 11 is 1.01. The Bertz CT molecular complexity index is 388. The molecule has 17 heavy (non-hydrogen) atoms. The zero-order valence-electron chi connectivity index (χ0n) is 9.08. The van der Waals surface area contributed by atoms with Crippen LogP contribution in [0.25, 0.3) is 0 Å². The fourth-order valence-corrected chi connectivity index (χ4v) is 1.84. The van der Waals surface area contributed by atoms with Crippen molar-refractivity contribution in [3.8, 4) is 0 Å². The largest absolute Gasteiger partial charge is 0.396 e. The first kappa shape index (κ1) is 13.9. The summed E-state index contributed by atoms with van der Waals surface area (Å²) in [6.45, 7) is 0.405. The highest BCUT2D eigenvalue weighted by Gasteiger charge is 2.07. The number of benzene rings is 1. The van der Waals surface area contributed by atoms with E-state index in [0.29, 0.717) is 13.0 Å². The van der Waals surface area contributed by atoms with E-state index >= 15 is 0 Å². The second kappa shape index (κ2) is 7.24. The maximum atomic E-state index is 13.2. The molecule has 0 aliphatic carbocycles. The fourth-order valence-electron chi connectivity index (χ4n) is 1.09. The first-order valence-electron chi connectivity index (χ1n) is 5.09. The van der Waals surface area contributed by atoms with Gasteiger partial charge in [0, 0.05) is 24.1 Å². The molecule has 0 radical (unpaired) electrons. The SMILES string of the molecule is O=C(CSc1ccc(F)cc1F)NCCCO. The van der Waals surface area contributed by atoms with Crippen LogP contribution in [0.15, 0.2) is 23.1 Å². The molecule has 0 atom stereocenters. The number of carbonyl (C=O) groups excluding carboxylic acids is 1. The van der Waals surface area contributed by atoms with E-state index in [2.05, 4.69) is 5.32 Å². The van der Waals surface area contributed by atoms with Gasteiger partial charge in [0.25, 0.3) is 0 Å². The van der Waals surface area contributed by atoms with Crippen molar-refractivity contribution in [2.75, 3.05) is 18.9 Å². The van der Waals surface area contributed by atoms with Crippen molar-refractivity contribution in [3.63, 3.8) is 0 Å². The van der Waals surface area contributed by atoms with Crippen LogP contribution in [0.5, 0.6) is 0 Å². The molecular formula is C11H13F2NO2S. The number of hydrogen-bond donors (Lipinski definition) is 2. The predicted octanol–water partition coefficient (Wildman–Crippen LogP) is 1.56. The van der Waals surface area contributed by atoms with Crippen LogP contribution >= 0.6 is 11.8 Å². The lowest BCUT2D eigenvalue weighted by atomic mass is 10.3. The minimum absolute atomic E-state index is 0.0139. The van der Waals surface area contributed by atoms with E-state index in [1.54, 1.807) is 0 Å². The van der Waals surface area contributed by atoms with Crippen molar-refractivity contribution in [2.24, 2.45) is 0 Å². The van der Waals surface area contributed by atoms with Gasteiger partial charge in [-0.1, -0.05) is 0 Å². The van der Waals surface area contributed by atoms with Gasteiger partial charge in [-0.05, 0) is 18.6 Å². The van der Waals surface area contributed by atoms with Crippen molar-refractivity contribution >= 4 is 17.7 Å². The van der Waals surface area contributed by atoms with Crippen molar-refractivity contribution in [3.05, 3.63) is 29.8 Å². The Morgan fingerprint density at radius 3 is 2.82 bits per heavy atom. The summed E-state index contributed by atoms with van der Waals surface area (Å²) in [7, 11) is 0. The number of amides is 1. The third-order valence-electron chi connectivity index (χ3n) is 1.91. The minimum Gasteiger partial charge on any atom is -0.396 e. The summed E-state index contributed by atoms with van der Waals surface area (Å²) in [5.41, 5.74) is 0. The van der Waals surface area contributed by atoms with Crippen molar-refractivity contribution in [2.45, 2.75) is 11.3 Å². The molecule has 0 aliphatic rings. The van der Waals surface area contributed by atoms with Crippen LogP contribution in [0, 0.1) is 11.6 Å². The Hall–Kier alpha value is -1.14. The zero-order valence-corrected chi connectivity index (χ0v) is 9.90. The van der Waals surface area contributed by atoms with Gasteiger partial charge in [0.05, 0.1) is 5.75 Å². The van der Waals surface area contributed by atoms with Crippen LogP contribution < -0.4 is 5.32 Å². The highest BCUT2D eigenvalue weighted by atomic mass is 32.2. The quantitative estimate of drug-likeness (QED) is 0.603. The monoisotopic (exact) mass is 261 g/mol. The molecule has 3 nitrogen and oxygen atoms in total. The maximum Gasteiger partial charge on any atom is 0.230 e. The maximum absolute atomic E-state index is 13.2. The Morgan fingerprint density at radius 2 is 2.18 bits per heavy atom. The number of thioether (sulfide) groups is 1. The number of nitrogens with one attached hydrogen (secondary N) is 1. The average molecular weight is 261 g/mol. The van der Waals surface area contributed by atoms with Gasteiger partial charge in [-0.25, -0.2) is 8.78 Å². The van der Waals surface area contributed by atoms with Crippen LogP contribution in [0.4, 0.5) is 8.78 Å². The lowest BCUT2D eigenvalue weighted by Crippen LogP contribution is -2.26. The van der Waals surface area contributed by atoms with Gasteiger partial charge in [0.15, 0.2) is 0 Å². The minimum atomic E-state index is -0.668. The van der Waals surface area contributed by atoms with Gasteiger partial charge in [0.1, 0.15) is 11.6 Å². The molecule has 1 aromatic carbocycles. The number of aliphatic hydroxyl groups is 1. The van der Waals surface area contributed by atoms with Gasteiger partial charge in [0.2, 0.25) is 5.91 Å². The molecule has 0 spiro atoms. The molecule has 1 aromatic rings. The fraction of sp³-hybridized carbons (Fsp3) is 0.364. The Labute approximate surface area is 102 Å². The van der Waals surface area contributed by atoms with Crippen molar-refractivity contribution in [1.29, 1.82) is 0 Å². The van der Waals surface area contributed by atoms with Gasteiger partial charge < -0.3 is 10.4 Å². The number of halogens is 2. The highest BCUT2D eigenvalue weighted by Crippen LogP contribution is 2.21.